The molecule has 34 valence electrons. The molecule has 0 aliphatic rings. The van der Waals surface area contributed by atoms with E-state index in [4.69, 9.17) is 4.74 Å². The van der Waals surface area contributed by atoms with Crippen molar-refractivity contribution in [1.82, 2.24) is 0 Å². The van der Waals surface area contributed by atoms with Crippen LogP contribution < -0.4 is 0 Å². The zero-order valence-corrected chi connectivity index (χ0v) is 7.37. The standard InChI is InChI=1S/C4H9O.Zn/c1-3-5-4-2;/h3H,4H2,1-2H3;/q-1;. The third-order valence-corrected chi connectivity index (χ3v) is 0.333. The third-order valence-electron chi connectivity index (χ3n) is 0.333. The van der Waals surface area contributed by atoms with Crippen molar-refractivity contribution in [2.45, 2.75) is 13.8 Å². The summed E-state index contributed by atoms with van der Waals surface area (Å²) in [6.45, 7) is 6.29. The quantitative estimate of drug-likeness (QED) is 0.412. The molecular formula is C4H9OZn-. The van der Waals surface area contributed by atoms with Gasteiger partial charge in [-0.2, -0.15) is 6.92 Å². The minimum absolute atomic E-state index is 0. The molecule has 0 amide bonds. The number of ether oxygens (including phenoxy) is 1. The molecule has 0 aliphatic carbocycles. The van der Waals surface area contributed by atoms with E-state index >= 15 is 0 Å². The van der Waals surface area contributed by atoms with Crippen molar-refractivity contribution in [1.29, 1.82) is 0 Å². The van der Waals surface area contributed by atoms with Crippen LogP contribution in [0.15, 0.2) is 0 Å². The smallest absolute Gasteiger partial charge is 0.00825 e. The van der Waals surface area contributed by atoms with Gasteiger partial charge >= 0.3 is 0 Å². The fourth-order valence-corrected chi connectivity index (χ4v) is 0.167. The van der Waals surface area contributed by atoms with Crippen LogP contribution in [0.25, 0.3) is 0 Å². The molecule has 6 heavy (non-hydrogen) atoms. The average molecular weight is 139 g/mol. The summed E-state index contributed by atoms with van der Waals surface area (Å²) >= 11 is 0. The van der Waals surface area contributed by atoms with Gasteiger partial charge in [-0.15, -0.1) is 0 Å². The number of rotatable bonds is 2. The Hall–Kier alpha value is 0.583. The van der Waals surface area contributed by atoms with Crippen LogP contribution in [-0.4, -0.2) is 6.61 Å². The second-order valence-electron chi connectivity index (χ2n) is 0.691. The van der Waals surface area contributed by atoms with Gasteiger partial charge in [0.2, 0.25) is 0 Å². The van der Waals surface area contributed by atoms with E-state index in [2.05, 4.69) is 0 Å². The Balaban J connectivity index is 0. The van der Waals surface area contributed by atoms with E-state index in [-0.39, 0.29) is 19.5 Å². The van der Waals surface area contributed by atoms with Crippen molar-refractivity contribution in [2.24, 2.45) is 0 Å². The van der Waals surface area contributed by atoms with Crippen LogP contribution in [0.3, 0.4) is 0 Å². The average Bonchev–Trinajstić information content (AvgIpc) is 1.41. The Morgan fingerprint density at radius 2 is 2.17 bits per heavy atom. The summed E-state index contributed by atoms with van der Waals surface area (Å²) in [6.07, 6.45) is 0. The first-order chi connectivity index (χ1) is 2.41. The molecule has 1 nitrogen and oxygen atoms in total. The molecule has 0 saturated carbocycles. The number of hydrogen-bond acceptors (Lipinski definition) is 1. The monoisotopic (exact) mass is 137 g/mol. The van der Waals surface area contributed by atoms with E-state index in [0.717, 1.165) is 6.61 Å². The molecule has 0 bridgehead atoms. The van der Waals surface area contributed by atoms with Crippen molar-refractivity contribution in [3.05, 3.63) is 6.61 Å². The van der Waals surface area contributed by atoms with Gasteiger partial charge in [-0.05, 0) is 6.92 Å². The van der Waals surface area contributed by atoms with Crippen LogP contribution in [0, 0.1) is 6.61 Å². The fraction of sp³-hybridized carbons (Fsp3) is 0.750. The van der Waals surface area contributed by atoms with Gasteiger partial charge in [-0.1, -0.05) is 0 Å². The molecule has 0 aromatic rings. The maximum absolute atomic E-state index is 4.71. The van der Waals surface area contributed by atoms with E-state index in [1.165, 1.54) is 0 Å². The Labute approximate surface area is 51.8 Å². The number of hydrogen-bond donors (Lipinski definition) is 0. The fourth-order valence-electron chi connectivity index (χ4n) is 0.167. The first-order valence-corrected chi connectivity index (χ1v) is 1.81. The van der Waals surface area contributed by atoms with Gasteiger partial charge in [0, 0.05) is 26.1 Å². The van der Waals surface area contributed by atoms with Gasteiger partial charge in [-0.25, -0.2) is 6.61 Å². The molecule has 0 fully saturated rings. The van der Waals surface area contributed by atoms with Crippen LogP contribution in [-0.2, 0) is 24.2 Å². The van der Waals surface area contributed by atoms with Crippen molar-refractivity contribution < 1.29 is 24.2 Å². The Kier molecular flexibility index (Phi) is 14.9. The van der Waals surface area contributed by atoms with Gasteiger partial charge < -0.3 is 4.74 Å². The van der Waals surface area contributed by atoms with E-state index in [1.807, 2.05) is 13.8 Å². The molecule has 0 saturated heterocycles. The predicted molar refractivity (Wildman–Crippen MR) is 21.6 cm³/mol. The Morgan fingerprint density at radius 3 is 2.17 bits per heavy atom. The van der Waals surface area contributed by atoms with Crippen LogP contribution in [0.4, 0.5) is 0 Å². The van der Waals surface area contributed by atoms with Gasteiger partial charge in [0.25, 0.3) is 0 Å². The van der Waals surface area contributed by atoms with E-state index < -0.39 is 0 Å². The minimum Gasteiger partial charge on any atom is -0.552 e. The maximum Gasteiger partial charge on any atom is 0.00825 e. The molecule has 0 aromatic carbocycles. The van der Waals surface area contributed by atoms with Crippen LogP contribution in [0.1, 0.15) is 13.8 Å². The van der Waals surface area contributed by atoms with Gasteiger partial charge in [0.1, 0.15) is 0 Å². The molecule has 0 atom stereocenters. The molecule has 0 radical (unpaired) electrons. The second-order valence-corrected chi connectivity index (χ2v) is 0.691. The summed E-state index contributed by atoms with van der Waals surface area (Å²) in [6, 6.07) is 0. The maximum atomic E-state index is 4.71. The molecule has 0 spiro atoms. The molecule has 0 N–H and O–H groups in total. The topological polar surface area (TPSA) is 9.23 Å². The first kappa shape index (κ1) is 9.77. The zero-order chi connectivity index (χ0) is 4.12. The van der Waals surface area contributed by atoms with E-state index in [1.54, 1.807) is 6.61 Å². The summed E-state index contributed by atoms with van der Waals surface area (Å²) in [5.74, 6) is 0. The van der Waals surface area contributed by atoms with Crippen LogP contribution in [0.2, 0.25) is 0 Å². The minimum atomic E-state index is 0. The molecule has 0 heterocycles. The Bertz CT molecular complexity index is 15.0. The first-order valence-electron chi connectivity index (χ1n) is 1.81. The molecule has 0 aromatic heterocycles. The molecule has 0 rings (SSSR count). The summed E-state index contributed by atoms with van der Waals surface area (Å²) in [7, 11) is 0. The molecule has 0 unspecified atom stereocenters. The van der Waals surface area contributed by atoms with Crippen molar-refractivity contribution in [2.75, 3.05) is 6.61 Å². The van der Waals surface area contributed by atoms with E-state index in [9.17, 15) is 0 Å². The van der Waals surface area contributed by atoms with Gasteiger partial charge in [-0.3, -0.25) is 0 Å². The summed E-state index contributed by atoms with van der Waals surface area (Å²) in [5, 5.41) is 0. The normalized spacial score (nSPS) is 7.00. The zero-order valence-electron chi connectivity index (χ0n) is 4.40. The van der Waals surface area contributed by atoms with Crippen molar-refractivity contribution in [3.8, 4) is 0 Å². The largest absolute Gasteiger partial charge is 0.552 e. The summed E-state index contributed by atoms with van der Waals surface area (Å²) in [4.78, 5) is 0. The molecule has 0 aliphatic heterocycles. The Morgan fingerprint density at radius 1 is 1.67 bits per heavy atom. The second kappa shape index (κ2) is 9.13. The van der Waals surface area contributed by atoms with Crippen molar-refractivity contribution in [3.63, 3.8) is 0 Å². The summed E-state index contributed by atoms with van der Waals surface area (Å²) in [5.41, 5.74) is 0. The van der Waals surface area contributed by atoms with Crippen LogP contribution in [0.5, 0.6) is 0 Å². The van der Waals surface area contributed by atoms with Gasteiger partial charge in [0.15, 0.2) is 0 Å². The molecular weight excluding hydrogens is 129 g/mol. The summed E-state index contributed by atoms with van der Waals surface area (Å²) < 4.78 is 4.71. The third kappa shape index (κ3) is 8.82. The van der Waals surface area contributed by atoms with Gasteiger partial charge in [0.05, 0.1) is 0 Å². The van der Waals surface area contributed by atoms with Crippen molar-refractivity contribution >= 4 is 0 Å². The predicted octanol–water partition coefficient (Wildman–Crippen LogP) is 1.20. The van der Waals surface area contributed by atoms with Crippen LogP contribution >= 0.6 is 0 Å². The van der Waals surface area contributed by atoms with E-state index in [0.29, 0.717) is 0 Å². The SMILES string of the molecule is C[CH-]OCC.[Zn]. The molecule has 2 heteroatoms.